The maximum Gasteiger partial charge on any atom is 0.334 e. The van der Waals surface area contributed by atoms with E-state index in [4.69, 9.17) is 27.7 Å². The van der Waals surface area contributed by atoms with Gasteiger partial charge in [-0.25, -0.2) is 19.0 Å². The molecule has 0 saturated carbocycles. The maximum absolute atomic E-state index is 14.6. The van der Waals surface area contributed by atoms with E-state index < -0.39 is 29.6 Å². The Hall–Kier alpha value is -3.24. The van der Waals surface area contributed by atoms with Crippen LogP contribution >= 0.6 is 23.2 Å². The molecule has 3 amide bonds. The minimum absolute atomic E-state index is 0.0744. The van der Waals surface area contributed by atoms with E-state index in [-0.39, 0.29) is 32.6 Å². The van der Waals surface area contributed by atoms with E-state index >= 15 is 0 Å². The SMILES string of the molecule is CCc1cc(C(=O)NNC(=O)N[C@H](C)c2ncc(-c3cc(Cl)cc(F)c3Cl)cc2F)on1. The first-order valence-corrected chi connectivity index (χ1v) is 10.1. The number of aromatic nitrogens is 2. The van der Waals surface area contributed by atoms with Crippen molar-refractivity contribution in [3.8, 4) is 11.1 Å². The van der Waals surface area contributed by atoms with Gasteiger partial charge in [0.25, 0.3) is 0 Å². The predicted octanol–water partition coefficient (Wildman–Crippen LogP) is 4.59. The van der Waals surface area contributed by atoms with Crippen molar-refractivity contribution in [3.05, 3.63) is 69.3 Å². The summed E-state index contributed by atoms with van der Waals surface area (Å²) in [4.78, 5) is 28.0. The molecule has 3 aromatic rings. The number of nitrogens with zero attached hydrogens (tertiary/aromatic N) is 2. The van der Waals surface area contributed by atoms with E-state index in [1.165, 1.54) is 25.3 Å². The van der Waals surface area contributed by atoms with Crippen LogP contribution in [0.2, 0.25) is 10.0 Å². The summed E-state index contributed by atoms with van der Waals surface area (Å²) >= 11 is 11.8. The normalized spacial score (nSPS) is 11.7. The Balaban J connectivity index is 1.64. The Morgan fingerprint density at radius 3 is 2.53 bits per heavy atom. The first-order valence-electron chi connectivity index (χ1n) is 9.32. The number of hydrogen-bond acceptors (Lipinski definition) is 5. The molecule has 0 unspecified atom stereocenters. The Morgan fingerprint density at radius 1 is 1.12 bits per heavy atom. The molecule has 1 aromatic carbocycles. The van der Waals surface area contributed by atoms with Crippen molar-refractivity contribution in [1.29, 1.82) is 0 Å². The maximum atomic E-state index is 14.6. The third kappa shape index (κ3) is 5.32. The van der Waals surface area contributed by atoms with Crippen molar-refractivity contribution in [2.45, 2.75) is 26.3 Å². The minimum Gasteiger partial charge on any atom is -0.351 e. The molecule has 12 heteroatoms. The number of aryl methyl sites for hydroxylation is 1. The summed E-state index contributed by atoms with van der Waals surface area (Å²) in [6.07, 6.45) is 1.86. The number of nitrogens with one attached hydrogen (secondary N) is 3. The molecular weight excluding hydrogens is 467 g/mol. The molecule has 3 rings (SSSR count). The Morgan fingerprint density at radius 2 is 1.88 bits per heavy atom. The van der Waals surface area contributed by atoms with Gasteiger partial charge in [0, 0.05) is 28.4 Å². The predicted molar refractivity (Wildman–Crippen MR) is 113 cm³/mol. The lowest BCUT2D eigenvalue weighted by Gasteiger charge is -2.16. The van der Waals surface area contributed by atoms with E-state index in [0.717, 1.165) is 12.1 Å². The first kappa shape index (κ1) is 23.4. The highest BCUT2D eigenvalue weighted by molar-refractivity contribution is 6.35. The highest BCUT2D eigenvalue weighted by Crippen LogP contribution is 2.33. The quantitative estimate of drug-likeness (QED) is 0.363. The molecule has 8 nitrogen and oxygen atoms in total. The van der Waals surface area contributed by atoms with Gasteiger partial charge in [-0.15, -0.1) is 0 Å². The Labute approximate surface area is 191 Å². The zero-order chi connectivity index (χ0) is 23.4. The van der Waals surface area contributed by atoms with E-state index in [1.807, 2.05) is 6.92 Å². The molecule has 2 aromatic heterocycles. The molecule has 32 heavy (non-hydrogen) atoms. The van der Waals surface area contributed by atoms with Gasteiger partial charge in [0.1, 0.15) is 11.6 Å². The van der Waals surface area contributed by atoms with Gasteiger partial charge in [-0.3, -0.25) is 15.2 Å². The number of hydrogen-bond donors (Lipinski definition) is 3. The van der Waals surface area contributed by atoms with E-state index in [2.05, 4.69) is 26.3 Å². The lowest BCUT2D eigenvalue weighted by atomic mass is 10.1. The number of rotatable bonds is 5. The van der Waals surface area contributed by atoms with Crippen LogP contribution in [0, 0.1) is 11.6 Å². The van der Waals surface area contributed by atoms with E-state index in [0.29, 0.717) is 12.1 Å². The van der Waals surface area contributed by atoms with Crippen LogP contribution in [0.25, 0.3) is 11.1 Å². The van der Waals surface area contributed by atoms with Crippen LogP contribution in [0.4, 0.5) is 13.6 Å². The van der Waals surface area contributed by atoms with Crippen LogP contribution < -0.4 is 16.2 Å². The number of halogens is 4. The highest BCUT2D eigenvalue weighted by atomic mass is 35.5. The molecule has 0 saturated heterocycles. The van der Waals surface area contributed by atoms with Crippen LogP contribution in [-0.4, -0.2) is 22.1 Å². The second kappa shape index (κ2) is 9.92. The van der Waals surface area contributed by atoms with Crippen LogP contribution in [0.1, 0.15) is 41.8 Å². The fraction of sp³-hybridized carbons (Fsp3) is 0.200. The third-order valence-corrected chi connectivity index (χ3v) is 4.97. The van der Waals surface area contributed by atoms with Crippen molar-refractivity contribution in [2.75, 3.05) is 0 Å². The number of carbonyl (C=O) groups excluding carboxylic acids is 2. The average molecular weight is 484 g/mol. The van der Waals surface area contributed by atoms with Gasteiger partial charge in [-0.1, -0.05) is 35.3 Å². The fourth-order valence-electron chi connectivity index (χ4n) is 2.74. The van der Waals surface area contributed by atoms with Gasteiger partial charge in [-0.05, 0) is 31.5 Å². The fourth-order valence-corrected chi connectivity index (χ4v) is 3.17. The van der Waals surface area contributed by atoms with Gasteiger partial charge in [0.2, 0.25) is 5.76 Å². The molecule has 1 atom stereocenters. The number of amides is 3. The second-order valence-electron chi connectivity index (χ2n) is 6.65. The molecule has 2 heterocycles. The zero-order valence-electron chi connectivity index (χ0n) is 16.8. The van der Waals surface area contributed by atoms with E-state index in [9.17, 15) is 18.4 Å². The molecule has 0 aliphatic heterocycles. The van der Waals surface area contributed by atoms with Crippen molar-refractivity contribution in [3.63, 3.8) is 0 Å². The summed E-state index contributed by atoms with van der Waals surface area (Å²) in [5, 5.41) is 5.98. The number of hydrazine groups is 1. The largest absolute Gasteiger partial charge is 0.351 e. The Kier molecular flexibility index (Phi) is 7.26. The van der Waals surface area contributed by atoms with Gasteiger partial charge in [0.05, 0.1) is 22.5 Å². The Bertz CT molecular complexity index is 1170. The molecular formula is C20H17Cl2F2N5O3. The molecule has 0 aliphatic carbocycles. The molecule has 0 spiro atoms. The topological polar surface area (TPSA) is 109 Å². The van der Waals surface area contributed by atoms with Crippen LogP contribution in [0.3, 0.4) is 0 Å². The minimum atomic E-state index is -0.871. The zero-order valence-corrected chi connectivity index (χ0v) is 18.3. The van der Waals surface area contributed by atoms with Crippen molar-refractivity contribution >= 4 is 35.1 Å². The third-order valence-electron chi connectivity index (χ3n) is 4.37. The van der Waals surface area contributed by atoms with E-state index in [1.54, 1.807) is 0 Å². The van der Waals surface area contributed by atoms with Gasteiger partial charge < -0.3 is 9.84 Å². The average Bonchev–Trinajstić information content (AvgIpc) is 3.23. The van der Waals surface area contributed by atoms with Crippen LogP contribution in [-0.2, 0) is 6.42 Å². The van der Waals surface area contributed by atoms with Gasteiger partial charge in [-0.2, -0.15) is 0 Å². The summed E-state index contributed by atoms with van der Waals surface area (Å²) in [7, 11) is 0. The van der Waals surface area contributed by atoms with Crippen LogP contribution in [0.15, 0.2) is 35.0 Å². The van der Waals surface area contributed by atoms with Gasteiger partial charge in [0.15, 0.2) is 0 Å². The molecule has 3 N–H and O–H groups in total. The molecule has 0 aliphatic rings. The molecule has 0 fully saturated rings. The molecule has 0 bridgehead atoms. The number of pyridine rings is 1. The highest BCUT2D eigenvalue weighted by Gasteiger charge is 2.19. The molecule has 168 valence electrons. The summed E-state index contributed by atoms with van der Waals surface area (Å²) in [5.41, 5.74) is 5.15. The summed E-state index contributed by atoms with van der Waals surface area (Å²) in [6.45, 7) is 3.33. The van der Waals surface area contributed by atoms with Gasteiger partial charge >= 0.3 is 11.9 Å². The summed E-state index contributed by atoms with van der Waals surface area (Å²) in [6, 6.07) is 3.29. The van der Waals surface area contributed by atoms with Crippen molar-refractivity contribution in [1.82, 2.24) is 26.3 Å². The monoisotopic (exact) mass is 483 g/mol. The number of benzene rings is 1. The van der Waals surface area contributed by atoms with Crippen molar-refractivity contribution < 1.29 is 22.9 Å². The lowest BCUT2D eigenvalue weighted by molar-refractivity contribution is 0.0898. The number of urea groups is 1. The lowest BCUT2D eigenvalue weighted by Crippen LogP contribution is -2.47. The standard InChI is InChI=1S/C20H17Cl2F2N5O3/c1-3-12-7-16(32-29-12)19(30)27-28-20(31)26-9(2)18-15(24)4-10(8-25-18)13-5-11(21)6-14(23)17(13)22/h4-9H,3H2,1-2H3,(H,27,30)(H2,26,28,31)/t9-/m1/s1. The van der Waals surface area contributed by atoms with Crippen molar-refractivity contribution in [2.24, 2.45) is 0 Å². The van der Waals surface area contributed by atoms with Crippen LogP contribution in [0.5, 0.6) is 0 Å². The first-order chi connectivity index (χ1) is 15.2. The summed E-state index contributed by atoms with van der Waals surface area (Å²) < 4.78 is 33.3. The smallest absolute Gasteiger partial charge is 0.334 e. The second-order valence-corrected chi connectivity index (χ2v) is 7.46. The number of carbonyl (C=O) groups is 2. The summed E-state index contributed by atoms with van der Waals surface area (Å²) in [5.74, 6) is -2.29. The molecule has 0 radical (unpaired) electrons.